The Kier molecular flexibility index (Phi) is 5.00. The Morgan fingerprint density at radius 3 is 2.48 bits per heavy atom. The molecule has 0 aliphatic rings. The predicted molar refractivity (Wildman–Crippen MR) is 68.9 cm³/mol. The zero-order valence-corrected chi connectivity index (χ0v) is 11.6. The first-order valence-electron chi connectivity index (χ1n) is 6.05. The highest BCUT2D eigenvalue weighted by Crippen LogP contribution is 2.32. The number of amides is 1. The fraction of sp³-hybridized carbons (Fsp3) is 0.500. The summed E-state index contributed by atoms with van der Waals surface area (Å²) in [5, 5.41) is 13.7. The molecule has 1 amide bonds. The Morgan fingerprint density at radius 2 is 2.00 bits per heavy atom. The van der Waals surface area contributed by atoms with Crippen LogP contribution in [0.4, 0.5) is 13.2 Å². The molecule has 0 aliphatic heterocycles. The number of aromatic nitrogens is 1. The van der Waals surface area contributed by atoms with Crippen molar-refractivity contribution >= 4 is 5.91 Å². The lowest BCUT2D eigenvalue weighted by atomic mass is 10.1. The minimum Gasteiger partial charge on any atom is -0.503 e. The molecule has 0 aromatic carbocycles. The number of aromatic hydroxyl groups is 1. The number of carbonyl (C=O) groups is 1. The van der Waals surface area contributed by atoms with Crippen LogP contribution < -0.4 is 16.1 Å². The van der Waals surface area contributed by atoms with Crippen LogP contribution in [0.3, 0.4) is 0 Å². The second kappa shape index (κ2) is 6.17. The first-order chi connectivity index (χ1) is 9.59. The van der Waals surface area contributed by atoms with Crippen molar-refractivity contribution in [3.05, 3.63) is 27.7 Å². The van der Waals surface area contributed by atoms with Gasteiger partial charge in [0, 0.05) is 18.8 Å². The number of rotatable bonds is 4. The molecule has 4 N–H and O–H groups in total. The largest absolute Gasteiger partial charge is 0.503 e. The Balaban J connectivity index is 3.25. The van der Waals surface area contributed by atoms with E-state index >= 15 is 0 Å². The summed E-state index contributed by atoms with van der Waals surface area (Å²) in [6.45, 7) is 2.59. The van der Waals surface area contributed by atoms with Gasteiger partial charge in [0.25, 0.3) is 0 Å². The van der Waals surface area contributed by atoms with Crippen molar-refractivity contribution in [1.29, 1.82) is 0 Å². The number of halogens is 3. The standard InChI is InChI=1S/C12H16F3N3O3/c1-5-8(19)9(20)7(4-17-5)10(12(13,14)15)18-6(2)11(21)16-3/h4,6,10,18-19H,1-3H3,(H,16,21)(H,17,20). The number of hydrogen-bond acceptors (Lipinski definition) is 4. The molecule has 1 rings (SSSR count). The van der Waals surface area contributed by atoms with Gasteiger partial charge in [0.15, 0.2) is 5.75 Å². The van der Waals surface area contributed by atoms with E-state index in [1.807, 2.05) is 5.32 Å². The molecule has 0 saturated carbocycles. The minimum atomic E-state index is -4.81. The summed E-state index contributed by atoms with van der Waals surface area (Å²) in [5.41, 5.74) is -1.78. The van der Waals surface area contributed by atoms with E-state index in [-0.39, 0.29) is 5.69 Å². The van der Waals surface area contributed by atoms with E-state index in [1.54, 1.807) is 0 Å². The van der Waals surface area contributed by atoms with Crippen LogP contribution in [0.15, 0.2) is 11.0 Å². The molecule has 0 saturated heterocycles. The van der Waals surface area contributed by atoms with Crippen LogP contribution in [0.1, 0.15) is 24.2 Å². The zero-order chi connectivity index (χ0) is 16.4. The number of aryl methyl sites for hydroxylation is 1. The summed E-state index contributed by atoms with van der Waals surface area (Å²) < 4.78 is 39.4. The number of hydrogen-bond donors (Lipinski definition) is 4. The van der Waals surface area contributed by atoms with E-state index < -0.39 is 40.9 Å². The van der Waals surface area contributed by atoms with Gasteiger partial charge in [-0.2, -0.15) is 13.2 Å². The normalized spacial score (nSPS) is 14.6. The number of alkyl halides is 3. The number of H-pyrrole nitrogens is 1. The monoisotopic (exact) mass is 307 g/mol. The second-order valence-corrected chi connectivity index (χ2v) is 4.52. The third kappa shape index (κ3) is 3.75. The van der Waals surface area contributed by atoms with Crippen LogP contribution in [0.2, 0.25) is 0 Å². The number of nitrogens with one attached hydrogen (secondary N) is 3. The number of aromatic amines is 1. The number of carbonyl (C=O) groups excluding carboxylic acids is 1. The average Bonchev–Trinajstić information content (AvgIpc) is 2.40. The molecule has 6 nitrogen and oxygen atoms in total. The van der Waals surface area contributed by atoms with Crippen molar-refractivity contribution in [2.45, 2.75) is 32.1 Å². The van der Waals surface area contributed by atoms with E-state index in [0.29, 0.717) is 0 Å². The van der Waals surface area contributed by atoms with Crippen molar-refractivity contribution in [3.63, 3.8) is 0 Å². The van der Waals surface area contributed by atoms with E-state index in [4.69, 9.17) is 0 Å². The van der Waals surface area contributed by atoms with Crippen LogP contribution in [0.25, 0.3) is 0 Å². The predicted octanol–water partition coefficient (Wildman–Crippen LogP) is 0.716. The van der Waals surface area contributed by atoms with Crippen molar-refractivity contribution in [1.82, 2.24) is 15.6 Å². The van der Waals surface area contributed by atoms with Gasteiger partial charge in [-0.25, -0.2) is 0 Å². The first kappa shape index (κ1) is 17.0. The molecule has 2 atom stereocenters. The minimum absolute atomic E-state index is 0.0593. The molecular formula is C12H16F3N3O3. The quantitative estimate of drug-likeness (QED) is 0.659. The average molecular weight is 307 g/mol. The van der Waals surface area contributed by atoms with Gasteiger partial charge in [0.1, 0.15) is 6.04 Å². The SMILES string of the molecule is CNC(=O)C(C)NC(c1c[nH]c(C)c(O)c1=O)C(F)(F)F. The van der Waals surface area contributed by atoms with E-state index in [9.17, 15) is 27.9 Å². The topological polar surface area (TPSA) is 94.2 Å². The zero-order valence-electron chi connectivity index (χ0n) is 11.6. The lowest BCUT2D eigenvalue weighted by molar-refractivity contribution is -0.160. The smallest absolute Gasteiger partial charge is 0.408 e. The summed E-state index contributed by atoms with van der Waals surface area (Å²) in [4.78, 5) is 25.5. The molecule has 0 aliphatic carbocycles. The van der Waals surface area contributed by atoms with Crippen molar-refractivity contribution in [3.8, 4) is 5.75 Å². The fourth-order valence-electron chi connectivity index (χ4n) is 1.74. The van der Waals surface area contributed by atoms with Crippen LogP contribution in [0.5, 0.6) is 5.75 Å². The molecule has 9 heteroatoms. The molecule has 118 valence electrons. The van der Waals surface area contributed by atoms with E-state index in [2.05, 4.69) is 10.3 Å². The second-order valence-electron chi connectivity index (χ2n) is 4.52. The summed E-state index contributed by atoms with van der Waals surface area (Å²) in [5.74, 6) is -1.44. The molecule has 1 aromatic heterocycles. The van der Waals surface area contributed by atoms with Crippen molar-refractivity contribution in [2.24, 2.45) is 0 Å². The first-order valence-corrected chi connectivity index (χ1v) is 6.05. The van der Waals surface area contributed by atoms with E-state index in [1.165, 1.54) is 20.9 Å². The van der Waals surface area contributed by atoms with E-state index in [0.717, 1.165) is 6.20 Å². The number of likely N-dealkylation sites (N-methyl/N-ethyl adjacent to an activating group) is 1. The van der Waals surface area contributed by atoms with Gasteiger partial charge in [-0.1, -0.05) is 0 Å². The Labute approximate surface area is 118 Å². The van der Waals surface area contributed by atoms with Gasteiger partial charge in [0.2, 0.25) is 11.3 Å². The van der Waals surface area contributed by atoms with Gasteiger partial charge in [0.05, 0.1) is 11.7 Å². The lowest BCUT2D eigenvalue weighted by Gasteiger charge is -2.24. The van der Waals surface area contributed by atoms with Crippen molar-refractivity contribution < 1.29 is 23.1 Å². The summed E-state index contributed by atoms with van der Waals surface area (Å²) in [7, 11) is 1.29. The molecule has 0 bridgehead atoms. The van der Waals surface area contributed by atoms with Crippen LogP contribution in [-0.2, 0) is 4.79 Å². The van der Waals surface area contributed by atoms with Gasteiger partial charge >= 0.3 is 6.18 Å². The van der Waals surface area contributed by atoms with Crippen LogP contribution in [0, 0.1) is 6.92 Å². The lowest BCUT2D eigenvalue weighted by Crippen LogP contribution is -2.47. The molecule has 2 unspecified atom stereocenters. The molecule has 0 radical (unpaired) electrons. The Morgan fingerprint density at radius 1 is 1.43 bits per heavy atom. The summed E-state index contributed by atoms with van der Waals surface area (Å²) in [6, 6.07) is -3.55. The van der Waals surface area contributed by atoms with Gasteiger partial charge in [-0.15, -0.1) is 0 Å². The molecule has 0 fully saturated rings. The summed E-state index contributed by atoms with van der Waals surface area (Å²) >= 11 is 0. The van der Waals surface area contributed by atoms with Gasteiger partial charge < -0.3 is 15.4 Å². The highest BCUT2D eigenvalue weighted by atomic mass is 19.4. The van der Waals surface area contributed by atoms with Crippen LogP contribution in [-0.4, -0.2) is 35.3 Å². The maximum Gasteiger partial charge on any atom is 0.408 e. The highest BCUT2D eigenvalue weighted by molar-refractivity contribution is 5.81. The van der Waals surface area contributed by atoms with Gasteiger partial charge in [-0.3, -0.25) is 14.9 Å². The van der Waals surface area contributed by atoms with Gasteiger partial charge in [-0.05, 0) is 13.8 Å². The summed E-state index contributed by atoms with van der Waals surface area (Å²) in [6.07, 6.45) is -3.93. The number of pyridine rings is 1. The molecule has 1 heterocycles. The fourth-order valence-corrected chi connectivity index (χ4v) is 1.74. The maximum absolute atomic E-state index is 13.1. The van der Waals surface area contributed by atoms with Crippen molar-refractivity contribution in [2.75, 3.05) is 7.05 Å². The third-order valence-electron chi connectivity index (χ3n) is 2.97. The Bertz CT molecular complexity index is 583. The molecule has 21 heavy (non-hydrogen) atoms. The third-order valence-corrected chi connectivity index (χ3v) is 2.97. The highest BCUT2D eigenvalue weighted by Gasteiger charge is 2.43. The van der Waals surface area contributed by atoms with Crippen LogP contribution >= 0.6 is 0 Å². The molecule has 1 aromatic rings. The Hall–Kier alpha value is -2.03. The molecule has 0 spiro atoms. The molecular weight excluding hydrogens is 291 g/mol. The maximum atomic E-state index is 13.1.